The molecular weight excluding hydrogens is 417 g/mol. The SMILES string of the molecule is CCCn1c(=O)[nH]c(=O)c2cc(C(=O)N3CCC4(CCNC4)CC3)cnc21.Cl.Cl. The van der Waals surface area contributed by atoms with Crippen molar-refractivity contribution in [1.82, 2.24) is 24.8 Å². The third-order valence-corrected chi connectivity index (χ3v) is 5.97. The molecule has 1 spiro atoms. The number of pyridine rings is 1. The summed E-state index contributed by atoms with van der Waals surface area (Å²) in [6, 6.07) is 1.57. The van der Waals surface area contributed by atoms with E-state index in [4.69, 9.17) is 0 Å². The van der Waals surface area contributed by atoms with Crippen LogP contribution in [-0.4, -0.2) is 51.5 Å². The predicted octanol–water partition coefficient (Wildman–Crippen LogP) is 1.55. The normalized spacial score (nSPS) is 17.8. The fourth-order valence-electron chi connectivity index (χ4n) is 4.30. The number of hydrogen-bond acceptors (Lipinski definition) is 5. The maximum Gasteiger partial charge on any atom is 0.329 e. The summed E-state index contributed by atoms with van der Waals surface area (Å²) in [5.74, 6) is -0.0992. The first-order valence-electron chi connectivity index (χ1n) is 9.66. The third kappa shape index (κ3) is 4.34. The highest BCUT2D eigenvalue weighted by Gasteiger charge is 2.38. The molecule has 0 atom stereocenters. The van der Waals surface area contributed by atoms with Crippen molar-refractivity contribution in [2.45, 2.75) is 39.2 Å². The van der Waals surface area contributed by atoms with E-state index in [1.54, 1.807) is 6.07 Å². The van der Waals surface area contributed by atoms with E-state index >= 15 is 0 Å². The predicted molar refractivity (Wildman–Crippen MR) is 116 cm³/mol. The van der Waals surface area contributed by atoms with Gasteiger partial charge < -0.3 is 10.2 Å². The summed E-state index contributed by atoms with van der Waals surface area (Å²) in [6.45, 7) is 5.97. The van der Waals surface area contributed by atoms with Crippen molar-refractivity contribution in [3.8, 4) is 0 Å². The lowest BCUT2D eigenvalue weighted by atomic mass is 9.78. The van der Waals surface area contributed by atoms with Gasteiger partial charge in [0.1, 0.15) is 5.65 Å². The number of halogens is 2. The summed E-state index contributed by atoms with van der Waals surface area (Å²) >= 11 is 0. The molecule has 2 aliphatic rings. The molecule has 2 fully saturated rings. The van der Waals surface area contributed by atoms with Gasteiger partial charge in [-0.2, -0.15) is 0 Å². The number of nitrogens with zero attached hydrogens (tertiary/aromatic N) is 3. The average Bonchev–Trinajstić information content (AvgIpc) is 3.13. The van der Waals surface area contributed by atoms with Gasteiger partial charge in [-0.15, -0.1) is 24.8 Å². The summed E-state index contributed by atoms with van der Waals surface area (Å²) in [4.78, 5) is 45.7. The van der Waals surface area contributed by atoms with E-state index in [0.29, 0.717) is 23.2 Å². The number of aromatic nitrogens is 3. The van der Waals surface area contributed by atoms with Crippen molar-refractivity contribution in [2.75, 3.05) is 26.2 Å². The van der Waals surface area contributed by atoms with Crippen molar-refractivity contribution in [1.29, 1.82) is 0 Å². The Morgan fingerprint density at radius 1 is 1.21 bits per heavy atom. The number of carbonyl (C=O) groups excluding carboxylic acids is 1. The molecule has 2 aliphatic heterocycles. The maximum absolute atomic E-state index is 12.9. The number of hydrogen-bond donors (Lipinski definition) is 2. The second-order valence-corrected chi connectivity index (χ2v) is 7.73. The number of likely N-dealkylation sites (tertiary alicyclic amines) is 1. The third-order valence-electron chi connectivity index (χ3n) is 5.97. The standard InChI is InChI=1S/C19H25N5O3.2ClH/c1-2-7-24-15-14(16(25)22-18(24)27)10-13(11-21-15)17(26)23-8-4-19(5-9-23)3-6-20-12-19;;/h10-11,20H,2-9,12H2,1H3,(H,22,25,27);2*1H. The molecule has 2 aromatic rings. The number of amides is 1. The first-order valence-corrected chi connectivity index (χ1v) is 9.66. The van der Waals surface area contributed by atoms with Crippen molar-refractivity contribution < 1.29 is 4.79 Å². The van der Waals surface area contributed by atoms with Crippen LogP contribution >= 0.6 is 24.8 Å². The zero-order valence-corrected chi connectivity index (χ0v) is 18.0. The molecule has 2 aromatic heterocycles. The Hall–Kier alpha value is -1.90. The molecule has 10 heteroatoms. The molecule has 160 valence electrons. The van der Waals surface area contributed by atoms with Crippen molar-refractivity contribution in [3.05, 3.63) is 38.7 Å². The van der Waals surface area contributed by atoms with Gasteiger partial charge in [-0.25, -0.2) is 9.78 Å². The number of carbonyl (C=O) groups is 1. The second-order valence-electron chi connectivity index (χ2n) is 7.73. The molecule has 2 saturated heterocycles. The Morgan fingerprint density at radius 2 is 1.93 bits per heavy atom. The van der Waals surface area contributed by atoms with Gasteiger partial charge >= 0.3 is 5.69 Å². The van der Waals surface area contributed by atoms with Gasteiger partial charge in [0.2, 0.25) is 0 Å². The molecular formula is C19H27Cl2N5O3. The van der Waals surface area contributed by atoms with Crippen LogP contribution in [0.4, 0.5) is 0 Å². The molecule has 4 rings (SSSR count). The van der Waals surface area contributed by atoms with E-state index in [1.165, 1.54) is 17.2 Å². The first kappa shape index (κ1) is 23.4. The van der Waals surface area contributed by atoms with E-state index in [-0.39, 0.29) is 36.1 Å². The molecule has 29 heavy (non-hydrogen) atoms. The molecule has 1 amide bonds. The van der Waals surface area contributed by atoms with Crippen LogP contribution in [0.25, 0.3) is 11.0 Å². The van der Waals surface area contributed by atoms with Crippen LogP contribution in [0, 0.1) is 5.41 Å². The number of H-pyrrole nitrogens is 1. The molecule has 0 unspecified atom stereocenters. The fraction of sp³-hybridized carbons (Fsp3) is 0.579. The van der Waals surface area contributed by atoms with Gasteiger partial charge in [-0.05, 0) is 43.7 Å². The summed E-state index contributed by atoms with van der Waals surface area (Å²) in [7, 11) is 0. The summed E-state index contributed by atoms with van der Waals surface area (Å²) in [6.07, 6.45) is 5.41. The minimum atomic E-state index is -0.501. The van der Waals surface area contributed by atoms with E-state index in [0.717, 1.165) is 45.4 Å². The van der Waals surface area contributed by atoms with Crippen LogP contribution in [0.3, 0.4) is 0 Å². The van der Waals surface area contributed by atoms with E-state index in [2.05, 4.69) is 15.3 Å². The Kier molecular flexibility index (Phi) is 7.48. The molecule has 0 bridgehead atoms. The monoisotopic (exact) mass is 443 g/mol. The zero-order valence-electron chi connectivity index (χ0n) is 16.4. The van der Waals surface area contributed by atoms with Crippen LogP contribution < -0.4 is 16.6 Å². The van der Waals surface area contributed by atoms with Crippen molar-refractivity contribution in [2.24, 2.45) is 5.41 Å². The Morgan fingerprint density at radius 3 is 2.55 bits per heavy atom. The van der Waals surface area contributed by atoms with Crippen LogP contribution in [0.5, 0.6) is 0 Å². The van der Waals surface area contributed by atoms with Crippen LogP contribution in [0.2, 0.25) is 0 Å². The Labute approximate surface area is 180 Å². The Balaban J connectivity index is 0.00000150. The molecule has 0 saturated carbocycles. The zero-order chi connectivity index (χ0) is 19.0. The first-order chi connectivity index (χ1) is 13.0. The number of piperidine rings is 1. The molecule has 4 heterocycles. The van der Waals surface area contributed by atoms with Crippen LogP contribution in [0.1, 0.15) is 43.0 Å². The van der Waals surface area contributed by atoms with Crippen LogP contribution in [0.15, 0.2) is 21.9 Å². The summed E-state index contributed by atoms with van der Waals surface area (Å²) < 4.78 is 1.45. The lowest BCUT2D eigenvalue weighted by Crippen LogP contribution is -2.44. The van der Waals surface area contributed by atoms with Gasteiger partial charge in [0.05, 0.1) is 10.9 Å². The molecule has 2 N–H and O–H groups in total. The Bertz CT molecular complexity index is 987. The topological polar surface area (TPSA) is 100 Å². The van der Waals surface area contributed by atoms with Crippen LogP contribution in [-0.2, 0) is 6.54 Å². The van der Waals surface area contributed by atoms with Gasteiger partial charge in [0, 0.05) is 32.4 Å². The molecule has 0 aromatic carbocycles. The number of nitrogens with one attached hydrogen (secondary N) is 2. The highest BCUT2D eigenvalue weighted by atomic mass is 35.5. The minimum absolute atomic E-state index is 0. The fourth-order valence-corrected chi connectivity index (χ4v) is 4.30. The molecule has 8 nitrogen and oxygen atoms in total. The van der Waals surface area contributed by atoms with E-state index in [9.17, 15) is 14.4 Å². The van der Waals surface area contributed by atoms with Gasteiger partial charge in [0.15, 0.2) is 0 Å². The van der Waals surface area contributed by atoms with Crippen molar-refractivity contribution >= 4 is 41.8 Å². The number of aryl methyl sites for hydroxylation is 1. The van der Waals surface area contributed by atoms with Gasteiger partial charge in [-0.3, -0.25) is 19.1 Å². The minimum Gasteiger partial charge on any atom is -0.339 e. The largest absolute Gasteiger partial charge is 0.339 e. The second kappa shape index (κ2) is 9.28. The lowest BCUT2D eigenvalue weighted by molar-refractivity contribution is 0.0607. The highest BCUT2D eigenvalue weighted by Crippen LogP contribution is 2.37. The lowest BCUT2D eigenvalue weighted by Gasteiger charge is -2.38. The van der Waals surface area contributed by atoms with Gasteiger partial charge in [0.25, 0.3) is 11.5 Å². The van der Waals surface area contributed by atoms with E-state index < -0.39 is 11.2 Å². The van der Waals surface area contributed by atoms with Gasteiger partial charge in [-0.1, -0.05) is 6.92 Å². The number of rotatable bonds is 3. The number of fused-ring (bicyclic) bond motifs is 1. The quantitative estimate of drug-likeness (QED) is 0.749. The van der Waals surface area contributed by atoms with Crippen molar-refractivity contribution in [3.63, 3.8) is 0 Å². The maximum atomic E-state index is 12.9. The highest BCUT2D eigenvalue weighted by molar-refractivity contribution is 5.96. The smallest absolute Gasteiger partial charge is 0.329 e. The number of aromatic amines is 1. The summed E-state index contributed by atoms with van der Waals surface area (Å²) in [5, 5.41) is 3.71. The average molecular weight is 444 g/mol. The summed E-state index contributed by atoms with van der Waals surface area (Å²) in [5.41, 5.74) is 0.102. The molecule has 0 aliphatic carbocycles. The molecule has 0 radical (unpaired) electrons. The van der Waals surface area contributed by atoms with E-state index in [1.807, 2.05) is 11.8 Å².